The standard InChI is InChI=1S/C16H25N3O/c17-15(12-13-6-2-1-3-7-13)16(20)19-11-9-14-8-4-5-10-18-14/h4-5,8,10,13,15H,1-3,6-7,9,11-12,17H2,(H,19,20). The molecule has 1 atom stereocenters. The molecule has 0 bridgehead atoms. The van der Waals surface area contributed by atoms with Crippen LogP contribution in [0, 0.1) is 5.92 Å². The lowest BCUT2D eigenvalue weighted by Gasteiger charge is -2.24. The molecule has 1 amide bonds. The minimum Gasteiger partial charge on any atom is -0.354 e. The van der Waals surface area contributed by atoms with Crippen LogP contribution in [0.1, 0.15) is 44.2 Å². The molecule has 0 spiro atoms. The Morgan fingerprint density at radius 1 is 1.35 bits per heavy atom. The number of carbonyl (C=O) groups is 1. The zero-order valence-corrected chi connectivity index (χ0v) is 12.1. The highest BCUT2D eigenvalue weighted by Gasteiger charge is 2.20. The van der Waals surface area contributed by atoms with Gasteiger partial charge in [0.15, 0.2) is 0 Å². The molecule has 1 unspecified atom stereocenters. The molecule has 0 aromatic carbocycles. The first kappa shape index (κ1) is 15.0. The van der Waals surface area contributed by atoms with Crippen molar-refractivity contribution in [2.75, 3.05) is 6.54 Å². The Hall–Kier alpha value is -1.42. The van der Waals surface area contributed by atoms with Crippen molar-refractivity contribution >= 4 is 5.91 Å². The van der Waals surface area contributed by atoms with Crippen molar-refractivity contribution < 1.29 is 4.79 Å². The molecule has 1 heterocycles. The minimum atomic E-state index is -0.359. The number of nitrogens with two attached hydrogens (primary N) is 1. The first-order valence-corrected chi connectivity index (χ1v) is 7.69. The Bertz CT molecular complexity index is 401. The monoisotopic (exact) mass is 275 g/mol. The van der Waals surface area contributed by atoms with Crippen molar-refractivity contribution in [2.24, 2.45) is 11.7 Å². The Balaban J connectivity index is 1.65. The third-order valence-corrected chi connectivity index (χ3v) is 4.06. The van der Waals surface area contributed by atoms with Crippen molar-refractivity contribution in [1.82, 2.24) is 10.3 Å². The topological polar surface area (TPSA) is 68.0 Å². The van der Waals surface area contributed by atoms with Gasteiger partial charge in [-0.3, -0.25) is 9.78 Å². The SMILES string of the molecule is NC(CC1CCCCC1)C(=O)NCCc1ccccn1. The van der Waals surface area contributed by atoms with E-state index >= 15 is 0 Å². The summed E-state index contributed by atoms with van der Waals surface area (Å²) < 4.78 is 0. The molecular weight excluding hydrogens is 250 g/mol. The number of nitrogens with zero attached hydrogens (tertiary/aromatic N) is 1. The van der Waals surface area contributed by atoms with Crippen molar-refractivity contribution in [3.05, 3.63) is 30.1 Å². The Morgan fingerprint density at radius 2 is 2.15 bits per heavy atom. The summed E-state index contributed by atoms with van der Waals surface area (Å²) in [6.07, 6.45) is 9.73. The lowest BCUT2D eigenvalue weighted by atomic mass is 9.85. The van der Waals surface area contributed by atoms with Gasteiger partial charge in [-0.2, -0.15) is 0 Å². The number of amides is 1. The lowest BCUT2D eigenvalue weighted by molar-refractivity contribution is -0.122. The summed E-state index contributed by atoms with van der Waals surface area (Å²) in [6, 6.07) is 5.46. The van der Waals surface area contributed by atoms with Gasteiger partial charge >= 0.3 is 0 Å². The van der Waals surface area contributed by atoms with Gasteiger partial charge in [0.05, 0.1) is 6.04 Å². The second-order valence-corrected chi connectivity index (χ2v) is 5.71. The van der Waals surface area contributed by atoms with Gasteiger partial charge in [-0.25, -0.2) is 0 Å². The molecule has 0 radical (unpaired) electrons. The molecule has 1 saturated carbocycles. The molecule has 1 aromatic rings. The molecule has 0 aliphatic heterocycles. The fraction of sp³-hybridized carbons (Fsp3) is 0.625. The highest BCUT2D eigenvalue weighted by molar-refractivity contribution is 5.81. The van der Waals surface area contributed by atoms with Gasteiger partial charge in [0.25, 0.3) is 0 Å². The average molecular weight is 275 g/mol. The second-order valence-electron chi connectivity index (χ2n) is 5.71. The second kappa shape index (κ2) is 8.00. The van der Waals surface area contributed by atoms with E-state index in [1.807, 2.05) is 18.2 Å². The molecule has 1 fully saturated rings. The molecule has 1 aliphatic carbocycles. The van der Waals surface area contributed by atoms with E-state index in [1.165, 1.54) is 32.1 Å². The molecular formula is C16H25N3O. The van der Waals surface area contributed by atoms with Crippen molar-refractivity contribution in [3.63, 3.8) is 0 Å². The fourth-order valence-corrected chi connectivity index (χ4v) is 2.88. The number of carbonyl (C=O) groups excluding carboxylic acids is 1. The van der Waals surface area contributed by atoms with Gasteiger partial charge in [0.1, 0.15) is 0 Å². The lowest BCUT2D eigenvalue weighted by Crippen LogP contribution is -2.42. The number of hydrogen-bond donors (Lipinski definition) is 2. The third kappa shape index (κ3) is 4.93. The normalized spacial score (nSPS) is 17.6. The number of hydrogen-bond acceptors (Lipinski definition) is 3. The summed E-state index contributed by atoms with van der Waals surface area (Å²) in [7, 11) is 0. The molecule has 20 heavy (non-hydrogen) atoms. The number of aromatic nitrogens is 1. The van der Waals surface area contributed by atoms with Crippen LogP contribution in [0.3, 0.4) is 0 Å². The van der Waals surface area contributed by atoms with Crippen LogP contribution in [-0.2, 0) is 11.2 Å². The molecule has 0 saturated heterocycles. The summed E-state index contributed by atoms with van der Waals surface area (Å²) >= 11 is 0. The van der Waals surface area contributed by atoms with E-state index in [9.17, 15) is 4.79 Å². The molecule has 110 valence electrons. The molecule has 3 N–H and O–H groups in total. The van der Waals surface area contributed by atoms with Crippen molar-refractivity contribution in [2.45, 2.75) is 51.0 Å². The van der Waals surface area contributed by atoms with Crippen molar-refractivity contribution in [1.29, 1.82) is 0 Å². The van der Waals surface area contributed by atoms with Crippen LogP contribution in [0.4, 0.5) is 0 Å². The van der Waals surface area contributed by atoms with Gasteiger partial charge in [-0.15, -0.1) is 0 Å². The van der Waals surface area contributed by atoms with E-state index in [4.69, 9.17) is 5.73 Å². The predicted molar refractivity (Wildman–Crippen MR) is 80.1 cm³/mol. The van der Waals surface area contributed by atoms with Gasteiger partial charge < -0.3 is 11.1 Å². The number of pyridine rings is 1. The molecule has 4 nitrogen and oxygen atoms in total. The largest absolute Gasteiger partial charge is 0.354 e. The summed E-state index contributed by atoms with van der Waals surface area (Å²) in [6.45, 7) is 0.605. The van der Waals surface area contributed by atoms with E-state index in [2.05, 4.69) is 10.3 Å². The predicted octanol–water partition coefficient (Wildman–Crippen LogP) is 2.04. The summed E-state index contributed by atoms with van der Waals surface area (Å²) in [5.41, 5.74) is 6.99. The smallest absolute Gasteiger partial charge is 0.236 e. The Kier molecular flexibility index (Phi) is 5.99. The van der Waals surface area contributed by atoms with E-state index in [0.717, 1.165) is 18.5 Å². The van der Waals surface area contributed by atoms with Crippen LogP contribution in [0.5, 0.6) is 0 Å². The van der Waals surface area contributed by atoms with Gasteiger partial charge in [-0.05, 0) is 24.5 Å². The molecule has 4 heteroatoms. The summed E-state index contributed by atoms with van der Waals surface area (Å²) in [5.74, 6) is 0.617. The van der Waals surface area contributed by atoms with Gasteiger partial charge in [0.2, 0.25) is 5.91 Å². The molecule has 2 rings (SSSR count). The zero-order chi connectivity index (χ0) is 14.2. The summed E-state index contributed by atoms with van der Waals surface area (Å²) in [4.78, 5) is 16.2. The first-order chi connectivity index (χ1) is 9.75. The summed E-state index contributed by atoms with van der Waals surface area (Å²) in [5, 5.41) is 2.92. The number of rotatable bonds is 6. The Morgan fingerprint density at radius 3 is 2.85 bits per heavy atom. The van der Waals surface area contributed by atoms with Gasteiger partial charge in [-0.1, -0.05) is 38.2 Å². The Labute approximate surface area is 121 Å². The van der Waals surface area contributed by atoms with Crippen LogP contribution in [0.25, 0.3) is 0 Å². The van der Waals surface area contributed by atoms with Gasteiger partial charge in [0, 0.05) is 24.9 Å². The minimum absolute atomic E-state index is 0.0218. The van der Waals surface area contributed by atoms with E-state index in [-0.39, 0.29) is 11.9 Å². The van der Waals surface area contributed by atoms with E-state index in [0.29, 0.717) is 12.5 Å². The maximum atomic E-state index is 12.0. The quantitative estimate of drug-likeness (QED) is 0.835. The maximum Gasteiger partial charge on any atom is 0.236 e. The fourth-order valence-electron chi connectivity index (χ4n) is 2.88. The highest BCUT2D eigenvalue weighted by atomic mass is 16.2. The average Bonchev–Trinajstić information content (AvgIpc) is 2.49. The highest BCUT2D eigenvalue weighted by Crippen LogP contribution is 2.26. The first-order valence-electron chi connectivity index (χ1n) is 7.69. The molecule has 1 aromatic heterocycles. The van der Waals surface area contributed by atoms with Crippen LogP contribution in [0.15, 0.2) is 24.4 Å². The molecule has 1 aliphatic rings. The number of nitrogens with one attached hydrogen (secondary N) is 1. The van der Waals surface area contributed by atoms with Crippen LogP contribution >= 0.6 is 0 Å². The van der Waals surface area contributed by atoms with Crippen molar-refractivity contribution in [3.8, 4) is 0 Å². The maximum absolute atomic E-state index is 12.0. The zero-order valence-electron chi connectivity index (χ0n) is 12.1. The van der Waals surface area contributed by atoms with Crippen LogP contribution in [0.2, 0.25) is 0 Å². The van der Waals surface area contributed by atoms with Crippen LogP contribution < -0.4 is 11.1 Å². The third-order valence-electron chi connectivity index (χ3n) is 4.06. The van der Waals surface area contributed by atoms with E-state index < -0.39 is 0 Å². The van der Waals surface area contributed by atoms with E-state index in [1.54, 1.807) is 6.20 Å². The van der Waals surface area contributed by atoms with Crippen LogP contribution in [-0.4, -0.2) is 23.5 Å².